The molecule has 17 heavy (non-hydrogen) atoms. The average Bonchev–Trinajstić information content (AvgIpc) is 2.32. The van der Waals surface area contributed by atoms with E-state index in [1.54, 1.807) is 6.08 Å². The van der Waals surface area contributed by atoms with Crippen molar-refractivity contribution in [3.05, 3.63) is 12.2 Å². The maximum absolute atomic E-state index is 12.0. The highest BCUT2D eigenvalue weighted by atomic mass is 32.1. The molecular formula is C10H12N2O4S. The van der Waals surface area contributed by atoms with Crippen molar-refractivity contribution < 1.29 is 19.5 Å². The molecular weight excluding hydrogens is 244 g/mol. The van der Waals surface area contributed by atoms with Crippen LogP contribution in [0.25, 0.3) is 0 Å². The van der Waals surface area contributed by atoms with Crippen LogP contribution in [-0.2, 0) is 14.4 Å². The van der Waals surface area contributed by atoms with Crippen LogP contribution in [0.15, 0.2) is 12.2 Å². The zero-order valence-corrected chi connectivity index (χ0v) is 9.84. The fraction of sp³-hybridized carbons (Fsp3) is 0.500. The molecule has 2 heterocycles. The number of fused-ring (bicyclic) bond motifs is 1. The number of nitrogens with zero attached hydrogens (tertiary/aromatic N) is 2. The van der Waals surface area contributed by atoms with Gasteiger partial charge in [-0.25, -0.2) is 14.8 Å². The molecule has 2 unspecified atom stereocenters. The number of carbonyl (C=O) groups is 3. The van der Waals surface area contributed by atoms with Crippen molar-refractivity contribution in [2.24, 2.45) is 5.92 Å². The van der Waals surface area contributed by atoms with Gasteiger partial charge >= 0.3 is 5.97 Å². The number of carbonyl (C=O) groups excluding carboxylic acids is 2. The van der Waals surface area contributed by atoms with E-state index in [9.17, 15) is 14.4 Å². The van der Waals surface area contributed by atoms with Gasteiger partial charge in [-0.2, -0.15) is 12.6 Å². The van der Waals surface area contributed by atoms with Crippen LogP contribution in [0.3, 0.4) is 0 Å². The molecule has 0 bridgehead atoms. The Balaban J connectivity index is 2.35. The van der Waals surface area contributed by atoms with Crippen LogP contribution < -0.4 is 0 Å². The summed E-state index contributed by atoms with van der Waals surface area (Å²) in [4.78, 5) is 34.9. The molecule has 0 spiro atoms. The lowest BCUT2D eigenvalue weighted by atomic mass is 10.0. The second kappa shape index (κ2) is 4.40. The Hall–Kier alpha value is -1.50. The number of rotatable bonds is 2. The summed E-state index contributed by atoms with van der Waals surface area (Å²) in [5, 5.41) is 11.3. The quantitative estimate of drug-likeness (QED) is 0.517. The Labute approximate surface area is 103 Å². The molecule has 2 aliphatic rings. The molecule has 1 N–H and O–H groups in total. The highest BCUT2D eigenvalue weighted by Gasteiger charge is 2.44. The van der Waals surface area contributed by atoms with Crippen molar-refractivity contribution in [2.45, 2.75) is 12.5 Å². The molecule has 1 saturated heterocycles. The average molecular weight is 256 g/mol. The number of hydrazine groups is 1. The van der Waals surface area contributed by atoms with E-state index in [-0.39, 0.29) is 30.5 Å². The van der Waals surface area contributed by atoms with Gasteiger partial charge in [-0.3, -0.25) is 9.59 Å². The largest absolute Gasteiger partial charge is 0.479 e. The van der Waals surface area contributed by atoms with Gasteiger partial charge in [0.2, 0.25) is 11.8 Å². The first-order chi connectivity index (χ1) is 8.06. The summed E-state index contributed by atoms with van der Waals surface area (Å²) >= 11 is 4.02. The molecule has 0 radical (unpaired) electrons. The van der Waals surface area contributed by atoms with E-state index < -0.39 is 17.9 Å². The van der Waals surface area contributed by atoms with Crippen LogP contribution in [0.5, 0.6) is 0 Å². The molecule has 0 aliphatic carbocycles. The van der Waals surface area contributed by atoms with Crippen LogP contribution in [0, 0.1) is 5.92 Å². The smallest absolute Gasteiger partial charge is 0.332 e. The van der Waals surface area contributed by atoms with Gasteiger partial charge in [0.25, 0.3) is 0 Å². The predicted molar refractivity (Wildman–Crippen MR) is 61.1 cm³/mol. The van der Waals surface area contributed by atoms with Crippen molar-refractivity contribution in [3.8, 4) is 0 Å². The number of hydrogen-bond donors (Lipinski definition) is 2. The second-order valence-corrected chi connectivity index (χ2v) is 4.32. The van der Waals surface area contributed by atoms with E-state index in [1.807, 2.05) is 0 Å². The van der Waals surface area contributed by atoms with E-state index in [2.05, 4.69) is 12.6 Å². The summed E-state index contributed by atoms with van der Waals surface area (Å²) in [7, 11) is 0. The zero-order valence-electron chi connectivity index (χ0n) is 8.94. The molecule has 2 aliphatic heterocycles. The Morgan fingerprint density at radius 3 is 2.82 bits per heavy atom. The fourth-order valence-corrected chi connectivity index (χ4v) is 2.29. The standard InChI is InChI=1S/C10H12N2O4S/c13-8-4-6(5-17)9(14)12-7(10(15)16)2-1-3-11(8)12/h1-2,6-7,17H,3-5H2,(H,15,16). The molecule has 6 nitrogen and oxygen atoms in total. The SMILES string of the molecule is O=C(O)C1C=CCN2C(=O)CC(CS)C(=O)N12. The third-order valence-electron chi connectivity index (χ3n) is 2.88. The van der Waals surface area contributed by atoms with E-state index in [0.29, 0.717) is 0 Å². The first kappa shape index (κ1) is 12.0. The number of amides is 2. The summed E-state index contributed by atoms with van der Waals surface area (Å²) in [6, 6.07) is -1.09. The molecule has 0 aromatic heterocycles. The van der Waals surface area contributed by atoms with Gasteiger partial charge < -0.3 is 5.11 Å². The Morgan fingerprint density at radius 2 is 2.24 bits per heavy atom. The van der Waals surface area contributed by atoms with Crippen LogP contribution in [0.2, 0.25) is 0 Å². The first-order valence-corrected chi connectivity index (χ1v) is 5.83. The number of aliphatic carboxylic acids is 1. The molecule has 0 aromatic carbocycles. The Kier molecular flexibility index (Phi) is 3.10. The number of hydrogen-bond acceptors (Lipinski definition) is 4. The number of thiol groups is 1. The lowest BCUT2D eigenvalue weighted by Gasteiger charge is -2.44. The van der Waals surface area contributed by atoms with Gasteiger partial charge in [-0.15, -0.1) is 0 Å². The van der Waals surface area contributed by atoms with Gasteiger partial charge in [0, 0.05) is 12.2 Å². The zero-order chi connectivity index (χ0) is 12.6. The fourth-order valence-electron chi connectivity index (χ4n) is 2.01. The molecule has 7 heteroatoms. The molecule has 2 amide bonds. The van der Waals surface area contributed by atoms with Gasteiger partial charge in [-0.05, 0) is 0 Å². The van der Waals surface area contributed by atoms with Crippen LogP contribution in [0.4, 0.5) is 0 Å². The van der Waals surface area contributed by atoms with Crippen molar-refractivity contribution in [1.29, 1.82) is 0 Å². The molecule has 2 atom stereocenters. The normalized spacial score (nSPS) is 28.3. The van der Waals surface area contributed by atoms with Crippen LogP contribution in [-0.4, -0.2) is 51.2 Å². The maximum Gasteiger partial charge on any atom is 0.332 e. The molecule has 1 fully saturated rings. The molecule has 0 aromatic rings. The minimum absolute atomic E-state index is 0.0962. The van der Waals surface area contributed by atoms with Crippen molar-refractivity contribution in [1.82, 2.24) is 10.0 Å². The Bertz CT molecular complexity index is 409. The monoisotopic (exact) mass is 256 g/mol. The van der Waals surface area contributed by atoms with Crippen molar-refractivity contribution in [2.75, 3.05) is 12.3 Å². The van der Waals surface area contributed by atoms with Crippen molar-refractivity contribution >= 4 is 30.4 Å². The van der Waals surface area contributed by atoms with Gasteiger partial charge in [0.1, 0.15) is 0 Å². The van der Waals surface area contributed by atoms with Gasteiger partial charge in [-0.1, -0.05) is 12.2 Å². The van der Waals surface area contributed by atoms with Gasteiger partial charge in [0.05, 0.1) is 12.5 Å². The lowest BCUT2D eigenvalue weighted by molar-refractivity contribution is -0.183. The molecule has 0 saturated carbocycles. The number of carboxylic acids is 1. The van der Waals surface area contributed by atoms with Gasteiger partial charge in [0.15, 0.2) is 6.04 Å². The molecule has 92 valence electrons. The summed E-state index contributed by atoms with van der Waals surface area (Å²) < 4.78 is 0. The van der Waals surface area contributed by atoms with E-state index in [1.165, 1.54) is 11.1 Å². The van der Waals surface area contributed by atoms with E-state index in [0.717, 1.165) is 5.01 Å². The maximum atomic E-state index is 12.0. The Morgan fingerprint density at radius 1 is 1.53 bits per heavy atom. The summed E-state index contributed by atoms with van der Waals surface area (Å²) in [5.41, 5.74) is 0. The minimum Gasteiger partial charge on any atom is -0.479 e. The predicted octanol–water partition coefficient (Wildman–Crippen LogP) is -0.469. The van der Waals surface area contributed by atoms with Crippen molar-refractivity contribution in [3.63, 3.8) is 0 Å². The highest BCUT2D eigenvalue weighted by Crippen LogP contribution is 2.25. The third-order valence-corrected chi connectivity index (χ3v) is 3.32. The first-order valence-electron chi connectivity index (χ1n) is 5.20. The highest BCUT2D eigenvalue weighted by molar-refractivity contribution is 7.80. The number of carboxylic acid groups (broad SMARTS) is 1. The lowest BCUT2D eigenvalue weighted by Crippen LogP contribution is -2.63. The van der Waals surface area contributed by atoms with Crippen LogP contribution in [0.1, 0.15) is 6.42 Å². The topological polar surface area (TPSA) is 77.9 Å². The second-order valence-electron chi connectivity index (χ2n) is 3.95. The minimum atomic E-state index is -1.15. The van der Waals surface area contributed by atoms with Crippen LogP contribution >= 0.6 is 12.6 Å². The molecule has 2 rings (SSSR count). The van der Waals surface area contributed by atoms with E-state index >= 15 is 0 Å². The summed E-state index contributed by atoms with van der Waals surface area (Å²) in [6.45, 7) is 0.244. The third kappa shape index (κ3) is 1.90. The summed E-state index contributed by atoms with van der Waals surface area (Å²) in [6.07, 6.45) is 3.10. The summed E-state index contributed by atoms with van der Waals surface area (Å²) in [5.74, 6) is -2.02. The van der Waals surface area contributed by atoms with E-state index in [4.69, 9.17) is 5.11 Å².